The number of fused-ring (bicyclic) bond motifs is 1. The molecule has 5 nitrogen and oxygen atoms in total. The number of aryl methyl sites for hydroxylation is 2. The normalized spacial score (nSPS) is 14.7. The Morgan fingerprint density at radius 2 is 1.59 bits per heavy atom. The van der Waals surface area contributed by atoms with Crippen LogP contribution in [0.1, 0.15) is 24.0 Å². The van der Waals surface area contributed by atoms with Crippen molar-refractivity contribution in [3.05, 3.63) is 52.7 Å². The average molecular weight is 455 g/mol. The second-order valence-electron chi connectivity index (χ2n) is 9.34. The van der Waals surface area contributed by atoms with Gasteiger partial charge in [0, 0.05) is 31.1 Å². The van der Waals surface area contributed by atoms with Crippen LogP contribution in [0.2, 0.25) is 0 Å². The molecule has 0 spiro atoms. The molecule has 0 unspecified atom stereocenters. The molecular weight excluding hydrogens is 414 g/mol. The highest BCUT2D eigenvalue weighted by Gasteiger charge is 2.23. The highest BCUT2D eigenvalue weighted by molar-refractivity contribution is 8.03. The Hall–Kier alpha value is -2.02. The molecule has 1 aliphatic heterocycles. The Labute approximate surface area is 199 Å². The van der Waals surface area contributed by atoms with Gasteiger partial charge in [-0.1, -0.05) is 17.8 Å². The molecule has 0 saturated carbocycles. The molecule has 0 saturated heterocycles. The smallest absolute Gasteiger partial charge is 0.276 e. The van der Waals surface area contributed by atoms with Crippen molar-refractivity contribution in [2.75, 3.05) is 71.2 Å². The van der Waals surface area contributed by atoms with E-state index in [2.05, 4.69) is 116 Å². The lowest BCUT2D eigenvalue weighted by atomic mass is 10.2. The third kappa shape index (κ3) is 6.50. The molecular formula is C26H40N5S+. The van der Waals surface area contributed by atoms with Crippen LogP contribution in [0.4, 0.5) is 11.5 Å². The van der Waals surface area contributed by atoms with Crippen molar-refractivity contribution in [3.63, 3.8) is 0 Å². The van der Waals surface area contributed by atoms with Crippen molar-refractivity contribution >= 4 is 29.3 Å². The second kappa shape index (κ2) is 11.2. The van der Waals surface area contributed by atoms with E-state index in [1.54, 1.807) is 0 Å². The van der Waals surface area contributed by atoms with Crippen molar-refractivity contribution in [1.29, 1.82) is 0 Å². The number of thioether (sulfide) groups is 1. The Balaban J connectivity index is 1.82. The molecule has 0 atom stereocenters. The monoisotopic (exact) mass is 454 g/mol. The van der Waals surface area contributed by atoms with Gasteiger partial charge >= 0.3 is 0 Å². The van der Waals surface area contributed by atoms with Gasteiger partial charge < -0.3 is 14.7 Å². The van der Waals surface area contributed by atoms with Gasteiger partial charge in [0.05, 0.1) is 37.1 Å². The zero-order valence-electron chi connectivity index (χ0n) is 20.9. The molecule has 0 aliphatic carbocycles. The van der Waals surface area contributed by atoms with E-state index in [1.807, 2.05) is 11.8 Å². The topological polar surface area (TPSA) is 16.8 Å². The number of rotatable bonds is 10. The minimum Gasteiger partial charge on any atom is -0.338 e. The van der Waals surface area contributed by atoms with Crippen molar-refractivity contribution in [2.24, 2.45) is 7.05 Å². The van der Waals surface area contributed by atoms with Crippen molar-refractivity contribution in [1.82, 2.24) is 9.80 Å². The number of anilines is 2. The van der Waals surface area contributed by atoms with E-state index in [-0.39, 0.29) is 0 Å². The maximum atomic E-state index is 2.55. The molecule has 0 bridgehead atoms. The van der Waals surface area contributed by atoms with Crippen LogP contribution in [0, 0.1) is 6.92 Å². The van der Waals surface area contributed by atoms with E-state index >= 15 is 0 Å². The summed E-state index contributed by atoms with van der Waals surface area (Å²) in [7, 11) is 12.9. The number of aromatic nitrogens is 1. The van der Waals surface area contributed by atoms with Crippen LogP contribution in [-0.2, 0) is 7.05 Å². The van der Waals surface area contributed by atoms with Gasteiger partial charge in [-0.2, -0.15) is 0 Å². The lowest BCUT2D eigenvalue weighted by Crippen LogP contribution is -2.41. The third-order valence-electron chi connectivity index (χ3n) is 5.85. The summed E-state index contributed by atoms with van der Waals surface area (Å²) in [5.41, 5.74) is 3.86. The lowest BCUT2D eigenvalue weighted by Gasteiger charge is -2.21. The summed E-state index contributed by atoms with van der Waals surface area (Å²) in [5, 5.41) is 1.28. The van der Waals surface area contributed by atoms with Gasteiger partial charge in [-0.05, 0) is 83.4 Å². The van der Waals surface area contributed by atoms with Crippen LogP contribution >= 0.6 is 11.8 Å². The molecule has 1 aromatic heterocycles. The predicted molar refractivity (Wildman–Crippen MR) is 140 cm³/mol. The largest absolute Gasteiger partial charge is 0.338 e. The fourth-order valence-corrected chi connectivity index (χ4v) is 5.11. The summed E-state index contributed by atoms with van der Waals surface area (Å²) in [6.07, 6.45) is 6.84. The minimum atomic E-state index is 1.07. The first-order valence-electron chi connectivity index (χ1n) is 11.5. The highest BCUT2D eigenvalue weighted by Crippen LogP contribution is 2.46. The third-order valence-corrected chi connectivity index (χ3v) is 7.02. The molecule has 1 aromatic carbocycles. The molecule has 174 valence electrons. The number of hydrogen-bond donors (Lipinski definition) is 0. The molecule has 2 heterocycles. The Morgan fingerprint density at radius 3 is 2.22 bits per heavy atom. The molecule has 1 aliphatic rings. The molecule has 0 N–H and O–H groups in total. The first-order chi connectivity index (χ1) is 15.2. The summed E-state index contributed by atoms with van der Waals surface area (Å²) in [5.74, 6) is 1.29. The van der Waals surface area contributed by atoms with E-state index in [4.69, 9.17) is 0 Å². The first-order valence-corrected chi connectivity index (χ1v) is 12.3. The Morgan fingerprint density at radius 1 is 0.938 bits per heavy atom. The van der Waals surface area contributed by atoms with Crippen LogP contribution in [0.5, 0.6) is 0 Å². The molecule has 3 rings (SSSR count). The summed E-state index contributed by atoms with van der Waals surface area (Å²) in [4.78, 5) is 10.7. The molecule has 32 heavy (non-hydrogen) atoms. The molecule has 0 fully saturated rings. The second-order valence-corrected chi connectivity index (χ2v) is 10.4. The molecule has 6 heteroatoms. The van der Waals surface area contributed by atoms with Gasteiger partial charge in [0.15, 0.2) is 0 Å². The van der Waals surface area contributed by atoms with Gasteiger partial charge in [0.25, 0.3) is 5.82 Å². The summed E-state index contributed by atoms with van der Waals surface area (Å²) in [6, 6.07) is 11.3. The lowest BCUT2D eigenvalue weighted by molar-refractivity contribution is -0.659. The fraction of sp³-hybridized carbons (Fsp3) is 0.500. The zero-order chi connectivity index (χ0) is 23.3. The fourth-order valence-electron chi connectivity index (χ4n) is 4.02. The van der Waals surface area contributed by atoms with Gasteiger partial charge in [0.2, 0.25) is 0 Å². The van der Waals surface area contributed by atoms with Crippen molar-refractivity contribution < 1.29 is 4.57 Å². The van der Waals surface area contributed by atoms with E-state index in [0.29, 0.717) is 0 Å². The average Bonchev–Trinajstić information content (AvgIpc) is 3.03. The van der Waals surface area contributed by atoms with E-state index in [9.17, 15) is 0 Å². The van der Waals surface area contributed by atoms with Gasteiger partial charge in [-0.3, -0.25) is 4.90 Å². The summed E-state index contributed by atoms with van der Waals surface area (Å²) >= 11 is 1.86. The van der Waals surface area contributed by atoms with Crippen LogP contribution in [0.15, 0.2) is 46.5 Å². The Bertz CT molecular complexity index is 924. The van der Waals surface area contributed by atoms with Gasteiger partial charge in [-0.25, -0.2) is 4.57 Å². The van der Waals surface area contributed by atoms with Crippen molar-refractivity contribution in [2.45, 2.75) is 24.7 Å². The standard InChI is InChI=1S/C26H40N5S/c1-21-10-11-24-23(18-21)30(7)26(32-24)20-22-12-17-29(6)25(19-22)31(15-8-13-27(2)3)16-9-14-28(4)5/h10-12,17-20H,8-9,13-16H2,1-7H3/q+1. The van der Waals surface area contributed by atoms with E-state index in [1.165, 1.54) is 32.6 Å². The quantitative estimate of drug-likeness (QED) is 0.502. The van der Waals surface area contributed by atoms with Crippen LogP contribution in [0.25, 0.3) is 6.08 Å². The highest BCUT2D eigenvalue weighted by atomic mass is 32.2. The molecule has 0 radical (unpaired) electrons. The van der Waals surface area contributed by atoms with Crippen molar-refractivity contribution in [3.8, 4) is 0 Å². The first kappa shape index (κ1) is 24.6. The number of benzene rings is 1. The van der Waals surface area contributed by atoms with E-state index < -0.39 is 0 Å². The minimum absolute atomic E-state index is 1.07. The van der Waals surface area contributed by atoms with E-state index in [0.717, 1.165) is 39.0 Å². The Kier molecular flexibility index (Phi) is 8.63. The molecule has 0 amide bonds. The predicted octanol–water partition coefficient (Wildman–Crippen LogP) is 4.07. The summed E-state index contributed by atoms with van der Waals surface area (Å²) in [6.45, 7) is 6.51. The van der Waals surface area contributed by atoms with Crippen LogP contribution in [0.3, 0.4) is 0 Å². The zero-order valence-corrected chi connectivity index (χ0v) is 21.7. The van der Waals surface area contributed by atoms with Gasteiger partial charge in [0.1, 0.15) is 0 Å². The maximum absolute atomic E-state index is 2.55. The SMILES string of the molecule is Cc1ccc2c(c1)N(C)C(=Cc1cc[n+](C)c(N(CCCN(C)C)CCCN(C)C)c1)S2. The molecule has 2 aromatic rings. The number of nitrogens with zero attached hydrogens (tertiary/aromatic N) is 5. The van der Waals surface area contributed by atoms with Gasteiger partial charge in [-0.15, -0.1) is 0 Å². The summed E-state index contributed by atoms with van der Waals surface area (Å²) < 4.78 is 2.26. The van der Waals surface area contributed by atoms with Crippen LogP contribution in [-0.4, -0.2) is 71.2 Å². The number of hydrogen-bond acceptors (Lipinski definition) is 5. The number of pyridine rings is 1. The maximum Gasteiger partial charge on any atom is 0.276 e. The van der Waals surface area contributed by atoms with Crippen LogP contribution < -0.4 is 14.4 Å².